The largest absolute Gasteiger partial charge is 0.399 e. The Labute approximate surface area is 138 Å². The van der Waals surface area contributed by atoms with E-state index in [-0.39, 0.29) is 5.25 Å². The van der Waals surface area contributed by atoms with E-state index in [1.54, 1.807) is 11.3 Å². The Morgan fingerprint density at radius 2 is 1.71 bits per heavy atom. The molecule has 21 heavy (non-hydrogen) atoms. The summed E-state index contributed by atoms with van der Waals surface area (Å²) in [4.78, 5) is 4.68. The molecule has 0 bridgehead atoms. The Hall–Kier alpha value is -1.49. The average molecular weight is 333 g/mol. The molecule has 0 aliphatic heterocycles. The first-order valence-corrected chi connectivity index (χ1v) is 8.16. The van der Waals surface area contributed by atoms with Crippen LogP contribution in [-0.4, -0.2) is 4.98 Å². The molecule has 2 aromatic carbocycles. The van der Waals surface area contributed by atoms with Crippen LogP contribution >= 0.6 is 35.6 Å². The van der Waals surface area contributed by atoms with E-state index in [2.05, 4.69) is 17.6 Å². The van der Waals surface area contributed by atoms with Crippen molar-refractivity contribution in [2.45, 2.75) is 5.25 Å². The van der Waals surface area contributed by atoms with Crippen molar-refractivity contribution in [1.82, 2.24) is 4.98 Å². The zero-order valence-corrected chi connectivity index (χ0v) is 13.5. The van der Waals surface area contributed by atoms with E-state index in [0.29, 0.717) is 0 Å². The second-order valence-corrected chi connectivity index (χ2v) is 6.46. The first kappa shape index (κ1) is 14.4. The number of nitrogens with two attached hydrogens (primary N) is 1. The maximum absolute atomic E-state index is 5.91. The van der Waals surface area contributed by atoms with E-state index in [9.17, 15) is 0 Å². The van der Waals surface area contributed by atoms with Gasteiger partial charge in [-0.25, -0.2) is 4.98 Å². The summed E-state index contributed by atoms with van der Waals surface area (Å²) in [5, 5.41) is 3.68. The van der Waals surface area contributed by atoms with Crippen LogP contribution in [0.15, 0.2) is 53.9 Å². The second kappa shape index (κ2) is 6.10. The molecule has 0 spiro atoms. The lowest BCUT2D eigenvalue weighted by molar-refractivity contribution is 1.09. The van der Waals surface area contributed by atoms with E-state index in [1.165, 1.54) is 0 Å². The Morgan fingerprint density at radius 3 is 2.38 bits per heavy atom. The number of anilines is 1. The monoisotopic (exact) mass is 332 g/mol. The van der Waals surface area contributed by atoms with E-state index >= 15 is 0 Å². The van der Waals surface area contributed by atoms with Crippen LogP contribution in [0.3, 0.4) is 0 Å². The van der Waals surface area contributed by atoms with Gasteiger partial charge in [-0.2, -0.15) is 12.6 Å². The zero-order valence-electron chi connectivity index (χ0n) is 11.0. The molecule has 1 atom stereocenters. The average Bonchev–Trinajstić information content (AvgIpc) is 2.98. The molecule has 1 heterocycles. The Kier molecular flexibility index (Phi) is 4.19. The SMILES string of the molecule is Nc1ccc(C(S)c2csc(-c3ccc(Cl)cc3)n2)cc1. The lowest BCUT2D eigenvalue weighted by Crippen LogP contribution is -1.94. The predicted octanol–water partition coefficient (Wildman–Crippen LogP) is 5.06. The van der Waals surface area contributed by atoms with Crippen molar-refractivity contribution in [3.05, 3.63) is 70.2 Å². The molecule has 2 nitrogen and oxygen atoms in total. The van der Waals surface area contributed by atoms with Crippen molar-refractivity contribution in [2.75, 3.05) is 5.73 Å². The number of thiazole rings is 1. The van der Waals surface area contributed by atoms with Gasteiger partial charge in [0.25, 0.3) is 0 Å². The molecule has 0 radical (unpaired) electrons. The van der Waals surface area contributed by atoms with Gasteiger partial charge in [-0.15, -0.1) is 11.3 Å². The molecule has 106 valence electrons. The Balaban J connectivity index is 1.87. The van der Waals surface area contributed by atoms with Crippen LogP contribution in [0, 0.1) is 0 Å². The van der Waals surface area contributed by atoms with Gasteiger partial charge < -0.3 is 5.73 Å². The molecular weight excluding hydrogens is 320 g/mol. The molecule has 3 rings (SSSR count). The number of halogens is 1. The van der Waals surface area contributed by atoms with Gasteiger partial charge in [-0.1, -0.05) is 35.9 Å². The van der Waals surface area contributed by atoms with E-state index in [0.717, 1.165) is 32.5 Å². The Morgan fingerprint density at radius 1 is 1.05 bits per heavy atom. The molecule has 5 heteroatoms. The summed E-state index contributed by atoms with van der Waals surface area (Å²) in [6.07, 6.45) is 0. The van der Waals surface area contributed by atoms with Gasteiger partial charge in [0.05, 0.1) is 10.9 Å². The maximum atomic E-state index is 5.91. The van der Waals surface area contributed by atoms with E-state index in [4.69, 9.17) is 17.3 Å². The van der Waals surface area contributed by atoms with Gasteiger partial charge in [0.2, 0.25) is 0 Å². The quantitative estimate of drug-likeness (QED) is 0.519. The van der Waals surface area contributed by atoms with Gasteiger partial charge in [-0.05, 0) is 29.8 Å². The summed E-state index contributed by atoms with van der Waals surface area (Å²) < 4.78 is 0. The Bertz CT molecular complexity index is 736. The molecule has 0 saturated heterocycles. The highest BCUT2D eigenvalue weighted by atomic mass is 35.5. The number of aromatic nitrogens is 1. The van der Waals surface area contributed by atoms with Crippen LogP contribution in [0.5, 0.6) is 0 Å². The number of thiol groups is 1. The predicted molar refractivity (Wildman–Crippen MR) is 94.2 cm³/mol. The number of rotatable bonds is 3. The summed E-state index contributed by atoms with van der Waals surface area (Å²) in [5.74, 6) is 0. The van der Waals surface area contributed by atoms with E-state index in [1.807, 2.05) is 53.9 Å². The number of nitrogen functional groups attached to an aromatic ring is 1. The summed E-state index contributed by atoms with van der Waals surface area (Å²) in [7, 11) is 0. The molecule has 0 aliphatic rings. The third-order valence-electron chi connectivity index (χ3n) is 3.15. The third-order valence-corrected chi connectivity index (χ3v) is 4.87. The van der Waals surface area contributed by atoms with Crippen LogP contribution < -0.4 is 5.73 Å². The van der Waals surface area contributed by atoms with Crippen molar-refractivity contribution in [3.63, 3.8) is 0 Å². The minimum Gasteiger partial charge on any atom is -0.399 e. The molecule has 1 aromatic heterocycles. The minimum absolute atomic E-state index is 0.0529. The molecule has 0 saturated carbocycles. The molecule has 2 N–H and O–H groups in total. The number of hydrogen-bond acceptors (Lipinski definition) is 4. The van der Waals surface area contributed by atoms with Crippen LogP contribution in [-0.2, 0) is 0 Å². The summed E-state index contributed by atoms with van der Waals surface area (Å²) >= 11 is 12.2. The zero-order chi connectivity index (χ0) is 14.8. The molecule has 3 aromatic rings. The van der Waals surface area contributed by atoms with Gasteiger partial charge in [0.1, 0.15) is 5.01 Å². The van der Waals surface area contributed by atoms with Crippen molar-refractivity contribution >= 4 is 41.3 Å². The van der Waals surface area contributed by atoms with Gasteiger partial charge in [0, 0.05) is 21.7 Å². The maximum Gasteiger partial charge on any atom is 0.123 e. The lowest BCUT2D eigenvalue weighted by atomic mass is 10.1. The number of nitrogens with zero attached hydrogens (tertiary/aromatic N) is 1. The minimum atomic E-state index is -0.0529. The second-order valence-electron chi connectivity index (χ2n) is 4.65. The van der Waals surface area contributed by atoms with Crippen LogP contribution in [0.1, 0.15) is 16.5 Å². The smallest absolute Gasteiger partial charge is 0.123 e. The lowest BCUT2D eigenvalue weighted by Gasteiger charge is -2.08. The third kappa shape index (κ3) is 3.23. The van der Waals surface area contributed by atoms with Crippen molar-refractivity contribution in [3.8, 4) is 10.6 Å². The van der Waals surface area contributed by atoms with Crippen molar-refractivity contribution in [1.29, 1.82) is 0 Å². The fourth-order valence-corrected chi connectivity index (χ4v) is 3.37. The molecule has 0 amide bonds. The number of benzene rings is 2. The van der Waals surface area contributed by atoms with Crippen molar-refractivity contribution in [2.24, 2.45) is 0 Å². The summed E-state index contributed by atoms with van der Waals surface area (Å²) in [6, 6.07) is 15.4. The highest BCUT2D eigenvalue weighted by Crippen LogP contribution is 2.33. The molecule has 0 aliphatic carbocycles. The highest BCUT2D eigenvalue weighted by molar-refractivity contribution is 7.80. The van der Waals surface area contributed by atoms with Gasteiger partial charge in [0.15, 0.2) is 0 Å². The molecule has 1 unspecified atom stereocenters. The molecule has 0 fully saturated rings. The first-order valence-electron chi connectivity index (χ1n) is 6.38. The standard InChI is InChI=1S/C16H13ClN2S2/c17-12-5-1-11(2-6-12)16-19-14(9-21-16)15(20)10-3-7-13(18)8-4-10/h1-9,15,20H,18H2. The highest BCUT2D eigenvalue weighted by Gasteiger charge is 2.14. The topological polar surface area (TPSA) is 38.9 Å². The summed E-state index contributed by atoms with van der Waals surface area (Å²) in [5.41, 5.74) is 9.55. The van der Waals surface area contributed by atoms with Crippen LogP contribution in [0.2, 0.25) is 5.02 Å². The van der Waals surface area contributed by atoms with Crippen LogP contribution in [0.25, 0.3) is 10.6 Å². The number of hydrogen-bond donors (Lipinski definition) is 2. The van der Waals surface area contributed by atoms with Crippen LogP contribution in [0.4, 0.5) is 5.69 Å². The first-order chi connectivity index (χ1) is 10.1. The summed E-state index contributed by atoms with van der Waals surface area (Å²) in [6.45, 7) is 0. The fourth-order valence-electron chi connectivity index (χ4n) is 1.99. The van der Waals surface area contributed by atoms with Crippen molar-refractivity contribution < 1.29 is 0 Å². The van der Waals surface area contributed by atoms with Gasteiger partial charge in [-0.3, -0.25) is 0 Å². The van der Waals surface area contributed by atoms with Gasteiger partial charge >= 0.3 is 0 Å². The van der Waals surface area contributed by atoms with E-state index < -0.39 is 0 Å². The molecular formula is C16H13ClN2S2. The normalized spacial score (nSPS) is 12.3. The fraction of sp³-hybridized carbons (Fsp3) is 0.0625.